The SMILES string of the molecule is CC(=O)C1=CCC2C3C(O)CC4CC(O)CCC4(C)C3CCC12C. The summed E-state index contributed by atoms with van der Waals surface area (Å²) in [5.41, 5.74) is 1.24. The first-order chi connectivity index (χ1) is 11.3. The predicted octanol–water partition coefficient (Wildman–Crippen LogP) is 3.49. The number of rotatable bonds is 1. The number of Topliss-reactive ketones (excluding diaryl/α,β-unsaturated/α-hetero) is 1. The Balaban J connectivity index is 1.67. The average molecular weight is 332 g/mol. The second-order valence-corrected chi connectivity index (χ2v) is 9.59. The molecule has 0 saturated heterocycles. The minimum atomic E-state index is -0.275. The van der Waals surface area contributed by atoms with E-state index in [4.69, 9.17) is 0 Å². The summed E-state index contributed by atoms with van der Waals surface area (Å²) in [4.78, 5) is 12.1. The summed E-state index contributed by atoms with van der Waals surface area (Å²) in [5.74, 6) is 1.93. The van der Waals surface area contributed by atoms with Crippen molar-refractivity contribution < 1.29 is 15.0 Å². The van der Waals surface area contributed by atoms with Crippen LogP contribution in [0.4, 0.5) is 0 Å². The van der Waals surface area contributed by atoms with Crippen molar-refractivity contribution in [3.63, 3.8) is 0 Å². The summed E-state index contributed by atoms with van der Waals surface area (Å²) in [6.07, 6.45) is 8.53. The standard InChI is InChI=1S/C21H32O3/c1-12(22)15-4-5-16-19-17(7-9-21(15,16)3)20(2)8-6-14(23)10-13(20)11-18(19)24/h4,13-14,16-19,23-24H,5-11H2,1-3H3. The van der Waals surface area contributed by atoms with Gasteiger partial charge in [-0.3, -0.25) is 4.79 Å². The first kappa shape index (κ1) is 16.8. The molecule has 8 unspecified atom stereocenters. The van der Waals surface area contributed by atoms with Crippen LogP contribution in [0, 0.1) is 34.5 Å². The Morgan fingerprint density at radius 1 is 1.12 bits per heavy atom. The predicted molar refractivity (Wildman–Crippen MR) is 93.3 cm³/mol. The van der Waals surface area contributed by atoms with Crippen LogP contribution in [0.3, 0.4) is 0 Å². The Hall–Kier alpha value is -0.670. The van der Waals surface area contributed by atoms with E-state index in [0.29, 0.717) is 23.7 Å². The summed E-state index contributed by atoms with van der Waals surface area (Å²) in [6.45, 7) is 6.38. The molecule has 8 atom stereocenters. The second kappa shape index (κ2) is 5.41. The van der Waals surface area contributed by atoms with E-state index in [1.165, 1.54) is 0 Å². The molecule has 24 heavy (non-hydrogen) atoms. The number of fused-ring (bicyclic) bond motifs is 5. The van der Waals surface area contributed by atoms with E-state index in [1.54, 1.807) is 6.92 Å². The third-order valence-corrected chi connectivity index (χ3v) is 8.62. The van der Waals surface area contributed by atoms with Crippen molar-refractivity contribution in [1.29, 1.82) is 0 Å². The van der Waals surface area contributed by atoms with Crippen LogP contribution in [-0.4, -0.2) is 28.2 Å². The van der Waals surface area contributed by atoms with Gasteiger partial charge in [0.25, 0.3) is 0 Å². The van der Waals surface area contributed by atoms with E-state index < -0.39 is 0 Å². The van der Waals surface area contributed by atoms with Gasteiger partial charge in [0.05, 0.1) is 12.2 Å². The van der Waals surface area contributed by atoms with Crippen molar-refractivity contribution in [3.05, 3.63) is 11.6 Å². The van der Waals surface area contributed by atoms with E-state index >= 15 is 0 Å². The molecule has 3 heteroatoms. The molecule has 3 nitrogen and oxygen atoms in total. The number of carbonyl (C=O) groups is 1. The van der Waals surface area contributed by atoms with E-state index in [9.17, 15) is 15.0 Å². The summed E-state index contributed by atoms with van der Waals surface area (Å²) in [6, 6.07) is 0. The Morgan fingerprint density at radius 3 is 2.58 bits per heavy atom. The maximum absolute atomic E-state index is 12.1. The largest absolute Gasteiger partial charge is 0.393 e. The van der Waals surface area contributed by atoms with Gasteiger partial charge in [-0.1, -0.05) is 19.9 Å². The van der Waals surface area contributed by atoms with Gasteiger partial charge in [-0.2, -0.15) is 0 Å². The lowest BCUT2D eigenvalue weighted by atomic mass is 9.44. The molecule has 0 aromatic heterocycles. The number of aliphatic hydroxyl groups excluding tert-OH is 2. The molecule has 2 N–H and O–H groups in total. The lowest BCUT2D eigenvalue weighted by molar-refractivity contribution is -0.166. The van der Waals surface area contributed by atoms with Crippen LogP contribution >= 0.6 is 0 Å². The molecule has 0 amide bonds. The molecule has 0 radical (unpaired) electrons. The highest BCUT2D eigenvalue weighted by Crippen LogP contribution is 2.66. The van der Waals surface area contributed by atoms with Gasteiger partial charge >= 0.3 is 0 Å². The summed E-state index contributed by atoms with van der Waals surface area (Å²) in [5, 5.41) is 21.1. The molecule has 4 aliphatic rings. The van der Waals surface area contributed by atoms with E-state index in [-0.39, 0.29) is 28.8 Å². The molecular formula is C21H32O3. The lowest BCUT2D eigenvalue weighted by Crippen LogP contribution is -2.58. The van der Waals surface area contributed by atoms with Gasteiger partial charge in [0.15, 0.2) is 5.78 Å². The minimum Gasteiger partial charge on any atom is -0.393 e. The van der Waals surface area contributed by atoms with Crippen LogP contribution in [-0.2, 0) is 4.79 Å². The molecule has 3 fully saturated rings. The zero-order chi connectivity index (χ0) is 17.3. The monoisotopic (exact) mass is 332 g/mol. The van der Waals surface area contributed by atoms with Crippen LogP contribution in [0.25, 0.3) is 0 Å². The van der Waals surface area contributed by atoms with Crippen LogP contribution in [0.2, 0.25) is 0 Å². The Morgan fingerprint density at radius 2 is 1.88 bits per heavy atom. The van der Waals surface area contributed by atoms with Crippen LogP contribution < -0.4 is 0 Å². The number of hydrogen-bond donors (Lipinski definition) is 2. The van der Waals surface area contributed by atoms with Gasteiger partial charge in [0.2, 0.25) is 0 Å². The van der Waals surface area contributed by atoms with E-state index in [0.717, 1.165) is 50.5 Å². The van der Waals surface area contributed by atoms with Gasteiger partial charge in [0.1, 0.15) is 0 Å². The van der Waals surface area contributed by atoms with Gasteiger partial charge in [0, 0.05) is 0 Å². The molecule has 4 aliphatic carbocycles. The quantitative estimate of drug-likeness (QED) is 0.773. The maximum Gasteiger partial charge on any atom is 0.156 e. The fourth-order valence-electron chi connectivity index (χ4n) is 7.32. The highest BCUT2D eigenvalue weighted by molar-refractivity contribution is 5.95. The highest BCUT2D eigenvalue weighted by Gasteiger charge is 2.61. The minimum absolute atomic E-state index is 0.0364. The Bertz CT molecular complexity index is 582. The van der Waals surface area contributed by atoms with Gasteiger partial charge in [-0.25, -0.2) is 0 Å². The van der Waals surface area contributed by atoms with E-state index in [1.807, 2.05) is 0 Å². The number of aliphatic hydroxyl groups is 2. The smallest absolute Gasteiger partial charge is 0.156 e. The average Bonchev–Trinajstić information content (AvgIpc) is 2.86. The summed E-state index contributed by atoms with van der Waals surface area (Å²) < 4.78 is 0. The van der Waals surface area contributed by atoms with Crippen molar-refractivity contribution in [2.24, 2.45) is 34.5 Å². The molecule has 3 saturated carbocycles. The van der Waals surface area contributed by atoms with Crippen molar-refractivity contribution in [2.45, 2.75) is 77.9 Å². The van der Waals surface area contributed by atoms with Crippen molar-refractivity contribution in [2.75, 3.05) is 0 Å². The molecule has 4 rings (SSSR count). The second-order valence-electron chi connectivity index (χ2n) is 9.59. The van der Waals surface area contributed by atoms with E-state index in [2.05, 4.69) is 19.9 Å². The number of allylic oxidation sites excluding steroid dienone is 2. The highest BCUT2D eigenvalue weighted by atomic mass is 16.3. The third-order valence-electron chi connectivity index (χ3n) is 8.62. The fraction of sp³-hybridized carbons (Fsp3) is 0.857. The fourth-order valence-corrected chi connectivity index (χ4v) is 7.32. The first-order valence-electron chi connectivity index (χ1n) is 9.85. The molecule has 134 valence electrons. The maximum atomic E-state index is 12.1. The zero-order valence-corrected chi connectivity index (χ0v) is 15.3. The van der Waals surface area contributed by atoms with Crippen molar-refractivity contribution in [3.8, 4) is 0 Å². The molecule has 0 bridgehead atoms. The van der Waals surface area contributed by atoms with Gasteiger partial charge in [-0.15, -0.1) is 0 Å². The van der Waals surface area contributed by atoms with Gasteiger partial charge < -0.3 is 10.2 Å². The van der Waals surface area contributed by atoms with Crippen LogP contribution in [0.1, 0.15) is 65.7 Å². The topological polar surface area (TPSA) is 57.5 Å². The van der Waals surface area contributed by atoms with Crippen molar-refractivity contribution in [1.82, 2.24) is 0 Å². The normalized spacial score (nSPS) is 53.6. The Kier molecular flexibility index (Phi) is 3.78. The molecule has 0 heterocycles. The van der Waals surface area contributed by atoms with Gasteiger partial charge in [-0.05, 0) is 91.9 Å². The number of ketones is 1. The third kappa shape index (κ3) is 2.13. The molecule has 0 aliphatic heterocycles. The molecule has 0 aromatic rings. The summed E-state index contributed by atoms with van der Waals surface area (Å²) >= 11 is 0. The lowest BCUT2D eigenvalue weighted by Gasteiger charge is -2.62. The molecular weight excluding hydrogens is 300 g/mol. The molecule has 0 aromatic carbocycles. The molecule has 0 spiro atoms. The first-order valence-corrected chi connectivity index (χ1v) is 9.85. The zero-order valence-electron chi connectivity index (χ0n) is 15.3. The summed E-state index contributed by atoms with van der Waals surface area (Å²) in [7, 11) is 0. The number of carbonyl (C=O) groups excluding carboxylic acids is 1. The van der Waals surface area contributed by atoms with Crippen molar-refractivity contribution >= 4 is 5.78 Å². The van der Waals surface area contributed by atoms with Crippen LogP contribution in [0.5, 0.6) is 0 Å². The van der Waals surface area contributed by atoms with Crippen LogP contribution in [0.15, 0.2) is 11.6 Å². The Labute approximate surface area is 145 Å². The number of hydrogen-bond acceptors (Lipinski definition) is 3.